The Labute approximate surface area is 191 Å². The molecule has 2 aliphatic carbocycles. The van der Waals surface area contributed by atoms with E-state index in [1.807, 2.05) is 26.0 Å². The lowest BCUT2D eigenvalue weighted by atomic mass is 9.85. The van der Waals surface area contributed by atoms with Gasteiger partial charge in [0.1, 0.15) is 0 Å². The predicted octanol–water partition coefficient (Wildman–Crippen LogP) is 3.41. The van der Waals surface area contributed by atoms with E-state index in [1.54, 1.807) is 18.2 Å². The Kier molecular flexibility index (Phi) is 5.12. The number of rotatable bonds is 5. The number of anilines is 2. The van der Waals surface area contributed by atoms with Crippen molar-refractivity contribution < 1.29 is 23.9 Å². The van der Waals surface area contributed by atoms with Crippen LogP contribution >= 0.6 is 0 Å². The van der Waals surface area contributed by atoms with Gasteiger partial charge >= 0.3 is 5.97 Å². The number of allylic oxidation sites excluding steroid dienone is 2. The summed E-state index contributed by atoms with van der Waals surface area (Å²) in [6.45, 7) is 3.44. The molecule has 1 saturated carbocycles. The Hall–Kier alpha value is -3.74. The van der Waals surface area contributed by atoms with Gasteiger partial charge in [0.05, 0.1) is 23.1 Å². The lowest BCUT2D eigenvalue weighted by molar-refractivity contribution is -0.123. The number of nitrogens with zero attached hydrogens (tertiary/aromatic N) is 1. The molecule has 0 unspecified atom stereocenters. The molecule has 33 heavy (non-hydrogen) atoms. The normalized spacial score (nSPS) is 24.8. The highest BCUT2D eigenvalue weighted by molar-refractivity contribution is 6.22. The molecule has 168 valence electrons. The molecule has 1 heterocycles. The fraction of sp³-hybridized carbons (Fsp3) is 0.308. The van der Waals surface area contributed by atoms with Gasteiger partial charge in [-0.25, -0.2) is 4.79 Å². The van der Waals surface area contributed by atoms with E-state index in [0.29, 0.717) is 11.4 Å². The Morgan fingerprint density at radius 2 is 1.61 bits per heavy atom. The van der Waals surface area contributed by atoms with Crippen molar-refractivity contribution in [3.63, 3.8) is 0 Å². The smallest absolute Gasteiger partial charge is 0.338 e. The average Bonchev–Trinajstić information content (AvgIpc) is 3.48. The Morgan fingerprint density at radius 3 is 2.21 bits per heavy atom. The van der Waals surface area contributed by atoms with E-state index in [0.717, 1.165) is 17.5 Å². The number of esters is 1. The maximum Gasteiger partial charge on any atom is 0.338 e. The van der Waals surface area contributed by atoms with E-state index in [4.69, 9.17) is 4.74 Å². The molecule has 0 radical (unpaired) electrons. The number of fused-ring (bicyclic) bond motifs is 5. The van der Waals surface area contributed by atoms with E-state index in [-0.39, 0.29) is 41.0 Å². The van der Waals surface area contributed by atoms with Gasteiger partial charge in [-0.1, -0.05) is 29.8 Å². The summed E-state index contributed by atoms with van der Waals surface area (Å²) in [6, 6.07) is 11.8. The maximum absolute atomic E-state index is 12.9. The average molecular weight is 444 g/mol. The third-order valence-electron chi connectivity index (χ3n) is 6.82. The van der Waals surface area contributed by atoms with Gasteiger partial charge in [0.25, 0.3) is 5.91 Å². The number of carbonyl (C=O) groups excluding carboxylic acids is 4. The lowest BCUT2D eigenvalue weighted by Crippen LogP contribution is -2.32. The van der Waals surface area contributed by atoms with E-state index in [9.17, 15) is 19.2 Å². The highest BCUT2D eigenvalue weighted by Gasteiger charge is 2.59. The largest absolute Gasteiger partial charge is 0.452 e. The number of nitrogens with one attached hydrogen (secondary N) is 1. The Morgan fingerprint density at radius 1 is 0.970 bits per heavy atom. The highest BCUT2D eigenvalue weighted by Crippen LogP contribution is 2.53. The summed E-state index contributed by atoms with van der Waals surface area (Å²) in [5, 5.41) is 2.73. The minimum Gasteiger partial charge on any atom is -0.452 e. The second-order valence-electron chi connectivity index (χ2n) is 9.00. The maximum atomic E-state index is 12.9. The molecule has 0 aromatic heterocycles. The third-order valence-corrected chi connectivity index (χ3v) is 6.82. The van der Waals surface area contributed by atoms with Gasteiger partial charge in [-0.2, -0.15) is 0 Å². The number of ether oxygens (including phenoxy) is 1. The summed E-state index contributed by atoms with van der Waals surface area (Å²) in [5.41, 5.74) is 3.36. The number of hydrogen-bond donors (Lipinski definition) is 1. The molecule has 2 aromatic rings. The van der Waals surface area contributed by atoms with Crippen molar-refractivity contribution in [1.82, 2.24) is 0 Å². The molecule has 7 heteroatoms. The van der Waals surface area contributed by atoms with Crippen molar-refractivity contribution in [1.29, 1.82) is 0 Å². The molecular weight excluding hydrogens is 420 g/mol. The van der Waals surface area contributed by atoms with Crippen LogP contribution in [0.1, 0.15) is 27.9 Å². The van der Waals surface area contributed by atoms with Crippen molar-refractivity contribution in [2.75, 3.05) is 16.8 Å². The molecule has 7 nitrogen and oxygen atoms in total. The van der Waals surface area contributed by atoms with E-state index < -0.39 is 18.5 Å². The predicted molar refractivity (Wildman–Crippen MR) is 121 cm³/mol. The molecular formula is C26H24N2O5. The summed E-state index contributed by atoms with van der Waals surface area (Å²) < 4.78 is 5.12. The second-order valence-corrected chi connectivity index (χ2v) is 9.00. The first kappa shape index (κ1) is 21.1. The molecule has 2 aromatic carbocycles. The van der Waals surface area contributed by atoms with Crippen LogP contribution in [-0.2, 0) is 19.1 Å². The molecule has 4 atom stereocenters. The van der Waals surface area contributed by atoms with Gasteiger partial charge in [0.15, 0.2) is 6.61 Å². The summed E-state index contributed by atoms with van der Waals surface area (Å²) in [4.78, 5) is 51.6. The number of aryl methyl sites for hydroxylation is 2. The quantitative estimate of drug-likeness (QED) is 0.433. The van der Waals surface area contributed by atoms with Crippen LogP contribution < -0.4 is 10.2 Å². The van der Waals surface area contributed by atoms with Crippen LogP contribution in [0.3, 0.4) is 0 Å². The molecule has 1 saturated heterocycles. The number of carbonyl (C=O) groups is 4. The molecule has 3 aliphatic rings. The van der Waals surface area contributed by atoms with Crippen LogP contribution in [0.15, 0.2) is 54.6 Å². The van der Waals surface area contributed by atoms with Crippen LogP contribution in [0, 0.1) is 37.5 Å². The molecule has 1 aliphatic heterocycles. The van der Waals surface area contributed by atoms with E-state index >= 15 is 0 Å². The molecule has 3 amide bonds. The zero-order chi connectivity index (χ0) is 23.3. The number of amides is 3. The minimum absolute atomic E-state index is 0.144. The highest BCUT2D eigenvalue weighted by atomic mass is 16.5. The van der Waals surface area contributed by atoms with Gasteiger partial charge in [-0.15, -0.1) is 0 Å². The third kappa shape index (κ3) is 3.63. The number of benzene rings is 2. The van der Waals surface area contributed by atoms with Crippen molar-refractivity contribution in [3.05, 3.63) is 71.3 Å². The van der Waals surface area contributed by atoms with Crippen LogP contribution in [0.4, 0.5) is 11.4 Å². The fourth-order valence-electron chi connectivity index (χ4n) is 5.26. The van der Waals surface area contributed by atoms with E-state index in [1.165, 1.54) is 17.0 Å². The first-order valence-corrected chi connectivity index (χ1v) is 11.0. The van der Waals surface area contributed by atoms with Crippen LogP contribution in [-0.4, -0.2) is 30.3 Å². The van der Waals surface area contributed by atoms with Gasteiger partial charge in [0.2, 0.25) is 11.8 Å². The second kappa shape index (κ2) is 7.99. The fourth-order valence-corrected chi connectivity index (χ4v) is 5.26. The monoisotopic (exact) mass is 444 g/mol. The molecule has 0 spiro atoms. The topological polar surface area (TPSA) is 92.8 Å². The number of hydrogen-bond acceptors (Lipinski definition) is 5. The molecule has 2 bridgehead atoms. The van der Waals surface area contributed by atoms with Gasteiger partial charge in [-0.3, -0.25) is 19.3 Å². The zero-order valence-electron chi connectivity index (χ0n) is 18.4. The van der Waals surface area contributed by atoms with Gasteiger partial charge < -0.3 is 10.1 Å². The first-order valence-electron chi connectivity index (χ1n) is 11.0. The molecule has 5 rings (SSSR count). The van der Waals surface area contributed by atoms with Crippen LogP contribution in [0.25, 0.3) is 0 Å². The van der Waals surface area contributed by atoms with Crippen LogP contribution in [0.5, 0.6) is 0 Å². The Bertz CT molecular complexity index is 1170. The molecule has 2 fully saturated rings. The van der Waals surface area contributed by atoms with Crippen LogP contribution in [0.2, 0.25) is 0 Å². The van der Waals surface area contributed by atoms with Gasteiger partial charge in [-0.05, 0) is 68.0 Å². The van der Waals surface area contributed by atoms with Crippen molar-refractivity contribution in [3.8, 4) is 0 Å². The summed E-state index contributed by atoms with van der Waals surface area (Å²) >= 11 is 0. The first-order chi connectivity index (χ1) is 15.8. The summed E-state index contributed by atoms with van der Waals surface area (Å²) in [7, 11) is 0. The Balaban J connectivity index is 1.20. The minimum atomic E-state index is -0.657. The van der Waals surface area contributed by atoms with Crippen molar-refractivity contribution in [2.45, 2.75) is 20.3 Å². The summed E-state index contributed by atoms with van der Waals surface area (Å²) in [5.74, 6) is -1.68. The van der Waals surface area contributed by atoms with Gasteiger partial charge in [0, 0.05) is 5.69 Å². The van der Waals surface area contributed by atoms with E-state index in [2.05, 4.69) is 17.5 Å². The number of imide groups is 1. The van der Waals surface area contributed by atoms with Crippen molar-refractivity contribution >= 4 is 35.1 Å². The lowest BCUT2D eigenvalue weighted by Gasteiger charge is -2.17. The molecule has 1 N–H and O–H groups in total. The summed E-state index contributed by atoms with van der Waals surface area (Å²) in [6.07, 6.45) is 4.98. The van der Waals surface area contributed by atoms with Crippen molar-refractivity contribution in [2.24, 2.45) is 23.7 Å². The zero-order valence-corrected chi connectivity index (χ0v) is 18.4. The SMILES string of the molecule is Cc1ccc(NC(=O)COC(=O)c2ccc(N3C(=O)[C@@H]4[C@@H](C3=O)[C@H]3C=C[C@H]4C3)cc2)c(C)c1. The standard InChI is InChI=1S/C26H24N2O5/c1-14-3-10-20(15(2)11-14)27-21(29)13-33-26(32)16-6-8-19(9-7-16)28-24(30)22-17-4-5-18(12-17)23(22)25(28)31/h3-11,17-18,22-23H,12-13H2,1-2H3,(H,27,29)/t17-,18-,22-,23-/m0/s1.